The minimum atomic E-state index is -0.258. The van der Waals surface area contributed by atoms with Crippen LogP contribution in [0.15, 0.2) is 36.4 Å². The molecule has 0 unspecified atom stereocenters. The fourth-order valence-electron chi connectivity index (χ4n) is 4.05. The number of fused-ring (bicyclic) bond motifs is 1. The van der Waals surface area contributed by atoms with Crippen molar-refractivity contribution >= 4 is 23.2 Å². The Balaban J connectivity index is 1.38. The monoisotopic (exact) mass is 421 g/mol. The summed E-state index contributed by atoms with van der Waals surface area (Å²) in [7, 11) is 0. The lowest BCUT2D eigenvalue weighted by Crippen LogP contribution is -2.35. The van der Waals surface area contributed by atoms with Gasteiger partial charge in [-0.3, -0.25) is 9.59 Å². The Bertz CT molecular complexity index is 1010. The number of benzene rings is 2. The second kappa shape index (κ2) is 8.13. The number of amides is 2. The Hall–Kier alpha value is -3.22. The van der Waals surface area contributed by atoms with E-state index in [4.69, 9.17) is 9.47 Å². The molecule has 0 bridgehead atoms. The zero-order chi connectivity index (χ0) is 21.4. The minimum Gasteiger partial charge on any atom is -0.454 e. The van der Waals surface area contributed by atoms with E-state index in [-0.39, 0.29) is 24.6 Å². The van der Waals surface area contributed by atoms with E-state index in [1.165, 1.54) is 0 Å². The van der Waals surface area contributed by atoms with Gasteiger partial charge in [0, 0.05) is 36.1 Å². The molecule has 1 saturated heterocycles. The second-order valence-corrected chi connectivity index (χ2v) is 8.67. The molecule has 2 aromatic rings. The van der Waals surface area contributed by atoms with Crippen molar-refractivity contribution in [2.75, 3.05) is 30.1 Å². The first kappa shape index (κ1) is 19.7. The SMILES string of the molecule is CC1CCN(c2ccc(NC(=O)c3ccc4c(c3)OCO4)cc2C(=O)NC2CC2)CC1. The van der Waals surface area contributed by atoms with E-state index >= 15 is 0 Å². The van der Waals surface area contributed by atoms with Gasteiger partial charge in [0.25, 0.3) is 11.8 Å². The van der Waals surface area contributed by atoms with Gasteiger partial charge < -0.3 is 25.0 Å². The van der Waals surface area contributed by atoms with Crippen molar-refractivity contribution in [2.45, 2.75) is 38.6 Å². The van der Waals surface area contributed by atoms with Crippen molar-refractivity contribution in [1.82, 2.24) is 5.32 Å². The highest BCUT2D eigenvalue weighted by molar-refractivity contribution is 6.06. The molecular weight excluding hydrogens is 394 g/mol. The highest BCUT2D eigenvalue weighted by Gasteiger charge is 2.27. The normalized spacial score (nSPS) is 18.0. The van der Waals surface area contributed by atoms with Crippen LogP contribution in [0.25, 0.3) is 0 Å². The lowest BCUT2D eigenvalue weighted by molar-refractivity contribution is 0.0950. The predicted molar refractivity (Wildman–Crippen MR) is 118 cm³/mol. The van der Waals surface area contributed by atoms with Gasteiger partial charge >= 0.3 is 0 Å². The van der Waals surface area contributed by atoms with Gasteiger partial charge in [0.15, 0.2) is 11.5 Å². The molecule has 2 amide bonds. The van der Waals surface area contributed by atoms with Crippen molar-refractivity contribution in [3.63, 3.8) is 0 Å². The summed E-state index contributed by atoms with van der Waals surface area (Å²) in [6.45, 7) is 4.31. The number of anilines is 2. The zero-order valence-corrected chi connectivity index (χ0v) is 17.6. The van der Waals surface area contributed by atoms with Crippen molar-refractivity contribution in [2.24, 2.45) is 5.92 Å². The van der Waals surface area contributed by atoms with Crippen LogP contribution in [0.5, 0.6) is 11.5 Å². The summed E-state index contributed by atoms with van der Waals surface area (Å²) >= 11 is 0. The van der Waals surface area contributed by atoms with Crippen LogP contribution in [0.1, 0.15) is 53.3 Å². The van der Waals surface area contributed by atoms with Crippen LogP contribution in [0, 0.1) is 5.92 Å². The van der Waals surface area contributed by atoms with Crippen molar-refractivity contribution in [3.8, 4) is 11.5 Å². The van der Waals surface area contributed by atoms with Crippen molar-refractivity contribution in [1.29, 1.82) is 0 Å². The van der Waals surface area contributed by atoms with E-state index in [2.05, 4.69) is 22.5 Å². The minimum absolute atomic E-state index is 0.0738. The van der Waals surface area contributed by atoms with Crippen LogP contribution >= 0.6 is 0 Å². The number of nitrogens with zero attached hydrogens (tertiary/aromatic N) is 1. The van der Waals surface area contributed by atoms with Gasteiger partial charge in [0.2, 0.25) is 6.79 Å². The average molecular weight is 421 g/mol. The summed E-state index contributed by atoms with van der Waals surface area (Å²) in [4.78, 5) is 28.0. The fourth-order valence-corrected chi connectivity index (χ4v) is 4.05. The molecule has 7 nitrogen and oxygen atoms in total. The fraction of sp³-hybridized carbons (Fsp3) is 0.417. The number of rotatable bonds is 5. The zero-order valence-electron chi connectivity index (χ0n) is 17.6. The molecule has 31 heavy (non-hydrogen) atoms. The van der Waals surface area contributed by atoms with Gasteiger partial charge in [-0.2, -0.15) is 0 Å². The number of hydrogen-bond acceptors (Lipinski definition) is 5. The van der Waals surface area contributed by atoms with E-state index in [1.54, 1.807) is 24.3 Å². The first-order valence-electron chi connectivity index (χ1n) is 11.0. The molecule has 0 aromatic heterocycles. The maximum Gasteiger partial charge on any atom is 0.255 e. The molecule has 5 rings (SSSR count). The maximum absolute atomic E-state index is 13.0. The van der Waals surface area contributed by atoms with E-state index < -0.39 is 0 Å². The molecule has 1 aliphatic carbocycles. The lowest BCUT2D eigenvalue weighted by Gasteiger charge is -2.33. The number of carbonyl (C=O) groups excluding carboxylic acids is 2. The Labute approximate surface area is 181 Å². The first-order valence-corrected chi connectivity index (χ1v) is 11.0. The predicted octanol–water partition coefficient (Wildman–Crippen LogP) is 3.80. The molecule has 1 saturated carbocycles. The Morgan fingerprint density at radius 2 is 1.71 bits per heavy atom. The largest absolute Gasteiger partial charge is 0.454 e. The van der Waals surface area contributed by atoms with E-state index in [0.717, 1.165) is 44.5 Å². The molecule has 2 aromatic carbocycles. The standard InChI is InChI=1S/C24H27N3O4/c1-15-8-10-27(11-9-15)20-6-5-18(13-19(20)24(29)25-17-3-4-17)26-23(28)16-2-7-21-22(12-16)31-14-30-21/h2,5-7,12-13,15,17H,3-4,8-11,14H2,1H3,(H,25,29)(H,26,28). The molecule has 0 radical (unpaired) electrons. The summed E-state index contributed by atoms with van der Waals surface area (Å²) in [5.74, 6) is 1.57. The molecule has 2 aliphatic heterocycles. The topological polar surface area (TPSA) is 79.9 Å². The molecular formula is C24H27N3O4. The summed E-state index contributed by atoms with van der Waals surface area (Å²) in [6, 6.07) is 11.0. The van der Waals surface area contributed by atoms with Gasteiger partial charge in [0.05, 0.1) is 5.56 Å². The Morgan fingerprint density at radius 1 is 0.935 bits per heavy atom. The van der Waals surface area contributed by atoms with E-state index in [1.807, 2.05) is 12.1 Å². The lowest BCUT2D eigenvalue weighted by atomic mass is 9.97. The first-order chi connectivity index (χ1) is 15.1. The average Bonchev–Trinajstić information content (AvgIpc) is 3.46. The quantitative estimate of drug-likeness (QED) is 0.768. The van der Waals surface area contributed by atoms with Crippen LogP contribution in [0.4, 0.5) is 11.4 Å². The van der Waals surface area contributed by atoms with Crippen LogP contribution in [-0.2, 0) is 0 Å². The van der Waals surface area contributed by atoms with Gasteiger partial charge in [-0.25, -0.2) is 0 Å². The van der Waals surface area contributed by atoms with Gasteiger partial charge in [-0.15, -0.1) is 0 Å². The third-order valence-electron chi connectivity index (χ3n) is 6.17. The molecule has 2 N–H and O–H groups in total. The molecule has 162 valence electrons. The van der Waals surface area contributed by atoms with Gasteiger partial charge in [-0.05, 0) is 68.0 Å². The molecule has 0 atom stereocenters. The molecule has 2 fully saturated rings. The van der Waals surface area contributed by atoms with E-state index in [0.29, 0.717) is 34.2 Å². The Morgan fingerprint density at radius 3 is 2.48 bits per heavy atom. The third kappa shape index (κ3) is 4.31. The number of piperidine rings is 1. The van der Waals surface area contributed by atoms with Gasteiger partial charge in [-0.1, -0.05) is 6.92 Å². The molecule has 7 heteroatoms. The molecule has 3 aliphatic rings. The Kier molecular flexibility index (Phi) is 5.18. The van der Waals surface area contributed by atoms with Crippen LogP contribution in [-0.4, -0.2) is 37.7 Å². The summed E-state index contributed by atoms with van der Waals surface area (Å²) in [5, 5.41) is 6.01. The maximum atomic E-state index is 13.0. The van der Waals surface area contributed by atoms with Crippen molar-refractivity contribution < 1.29 is 19.1 Å². The highest BCUT2D eigenvalue weighted by atomic mass is 16.7. The third-order valence-corrected chi connectivity index (χ3v) is 6.17. The second-order valence-electron chi connectivity index (χ2n) is 8.67. The summed E-state index contributed by atoms with van der Waals surface area (Å²) in [6.07, 6.45) is 4.30. The summed E-state index contributed by atoms with van der Waals surface area (Å²) < 4.78 is 10.7. The van der Waals surface area contributed by atoms with Crippen LogP contribution in [0.2, 0.25) is 0 Å². The number of nitrogens with one attached hydrogen (secondary N) is 2. The summed E-state index contributed by atoms with van der Waals surface area (Å²) in [5.41, 5.74) is 2.62. The van der Waals surface area contributed by atoms with Crippen LogP contribution in [0.3, 0.4) is 0 Å². The number of hydrogen-bond donors (Lipinski definition) is 2. The molecule has 0 spiro atoms. The van der Waals surface area contributed by atoms with Crippen molar-refractivity contribution in [3.05, 3.63) is 47.5 Å². The van der Waals surface area contributed by atoms with Crippen LogP contribution < -0.4 is 25.0 Å². The number of carbonyl (C=O) groups is 2. The van der Waals surface area contributed by atoms with Gasteiger partial charge in [0.1, 0.15) is 0 Å². The van der Waals surface area contributed by atoms with E-state index in [9.17, 15) is 9.59 Å². The highest BCUT2D eigenvalue weighted by Crippen LogP contribution is 2.33. The number of ether oxygens (including phenoxy) is 2. The molecule has 2 heterocycles. The smallest absolute Gasteiger partial charge is 0.255 e.